The molecule has 0 aromatic carbocycles. The van der Waals surface area contributed by atoms with Crippen molar-refractivity contribution in [3.63, 3.8) is 0 Å². The molecule has 0 amide bonds. The van der Waals surface area contributed by atoms with Crippen molar-refractivity contribution in [3.8, 4) is 0 Å². The van der Waals surface area contributed by atoms with Crippen LogP contribution in [0.15, 0.2) is 5.38 Å². The Morgan fingerprint density at radius 2 is 2.27 bits per heavy atom. The maximum absolute atomic E-state index is 10.6. The fourth-order valence-corrected chi connectivity index (χ4v) is 1.96. The van der Waals surface area contributed by atoms with Gasteiger partial charge in [0.15, 0.2) is 10.8 Å². The van der Waals surface area contributed by atoms with Crippen molar-refractivity contribution in [1.29, 1.82) is 0 Å². The summed E-state index contributed by atoms with van der Waals surface area (Å²) >= 11 is 1.34. The number of aromatic nitrogens is 1. The van der Waals surface area contributed by atoms with E-state index >= 15 is 0 Å². The molecule has 0 saturated carbocycles. The Labute approximate surface area is 93.4 Å². The predicted octanol–water partition coefficient (Wildman–Crippen LogP) is 2.69. The van der Waals surface area contributed by atoms with Crippen LogP contribution in [0.5, 0.6) is 0 Å². The summed E-state index contributed by atoms with van der Waals surface area (Å²) in [5.74, 6) is -0.344. The molecule has 0 fully saturated rings. The van der Waals surface area contributed by atoms with Crippen molar-refractivity contribution >= 4 is 22.4 Å². The number of carboxylic acids is 1. The Hall–Kier alpha value is -1.10. The molecule has 4 nitrogen and oxygen atoms in total. The number of rotatable bonds is 6. The summed E-state index contributed by atoms with van der Waals surface area (Å²) in [7, 11) is 0. The van der Waals surface area contributed by atoms with Gasteiger partial charge in [0.25, 0.3) is 0 Å². The number of carboxylic acid groups (broad SMARTS) is 1. The highest BCUT2D eigenvalue weighted by molar-refractivity contribution is 7.13. The first kappa shape index (κ1) is 12.0. The van der Waals surface area contributed by atoms with Crippen molar-refractivity contribution in [1.82, 2.24) is 4.98 Å². The van der Waals surface area contributed by atoms with Crippen LogP contribution < -0.4 is 5.32 Å². The van der Waals surface area contributed by atoms with E-state index in [9.17, 15) is 4.79 Å². The van der Waals surface area contributed by atoms with Crippen LogP contribution in [0.2, 0.25) is 0 Å². The van der Waals surface area contributed by atoms with Crippen LogP contribution in [0, 0.1) is 5.92 Å². The lowest BCUT2D eigenvalue weighted by Crippen LogP contribution is -2.12. The number of hydrogen-bond donors (Lipinski definition) is 2. The molecular formula is C10H16N2O2S. The van der Waals surface area contributed by atoms with E-state index < -0.39 is 5.97 Å². The van der Waals surface area contributed by atoms with Gasteiger partial charge in [-0.3, -0.25) is 0 Å². The molecule has 0 unspecified atom stereocenters. The van der Waals surface area contributed by atoms with Crippen molar-refractivity contribution in [3.05, 3.63) is 11.1 Å². The van der Waals surface area contributed by atoms with Crippen molar-refractivity contribution in [2.24, 2.45) is 5.92 Å². The van der Waals surface area contributed by atoms with Gasteiger partial charge >= 0.3 is 5.97 Å². The lowest BCUT2D eigenvalue weighted by molar-refractivity contribution is 0.0691. The minimum atomic E-state index is -0.971. The quantitative estimate of drug-likeness (QED) is 0.785. The van der Waals surface area contributed by atoms with Gasteiger partial charge in [0, 0.05) is 11.9 Å². The molecule has 0 saturated heterocycles. The molecule has 0 aliphatic carbocycles. The molecule has 15 heavy (non-hydrogen) atoms. The number of nitrogens with one attached hydrogen (secondary N) is 1. The number of nitrogens with zero attached hydrogens (tertiary/aromatic N) is 1. The van der Waals surface area contributed by atoms with E-state index in [1.54, 1.807) is 5.38 Å². The third-order valence-corrected chi connectivity index (χ3v) is 3.22. The Morgan fingerprint density at radius 3 is 2.73 bits per heavy atom. The van der Waals surface area contributed by atoms with Crippen molar-refractivity contribution in [2.45, 2.75) is 26.7 Å². The van der Waals surface area contributed by atoms with Crippen LogP contribution in [0.25, 0.3) is 0 Å². The monoisotopic (exact) mass is 228 g/mol. The fraction of sp³-hybridized carbons (Fsp3) is 0.600. The zero-order valence-corrected chi connectivity index (χ0v) is 9.80. The van der Waals surface area contributed by atoms with Gasteiger partial charge in [-0.15, -0.1) is 11.3 Å². The van der Waals surface area contributed by atoms with Gasteiger partial charge in [-0.2, -0.15) is 0 Å². The lowest BCUT2D eigenvalue weighted by Gasteiger charge is -2.11. The first-order valence-corrected chi connectivity index (χ1v) is 5.98. The van der Waals surface area contributed by atoms with Crippen LogP contribution >= 0.6 is 11.3 Å². The zero-order valence-electron chi connectivity index (χ0n) is 8.99. The number of anilines is 1. The standard InChI is InChI=1S/C10H16N2O2S/c1-3-7(4-2)5-11-10-12-8(6-15-10)9(13)14/h6-7H,3-5H2,1-2H3,(H,11,12)(H,13,14). The number of aromatic carboxylic acids is 1. The van der Waals surface area contributed by atoms with E-state index in [2.05, 4.69) is 24.1 Å². The Balaban J connectivity index is 2.47. The average Bonchev–Trinajstić information content (AvgIpc) is 2.68. The Kier molecular flexibility index (Phi) is 4.55. The topological polar surface area (TPSA) is 62.2 Å². The van der Waals surface area contributed by atoms with Crippen molar-refractivity contribution in [2.75, 3.05) is 11.9 Å². The van der Waals surface area contributed by atoms with Gasteiger partial charge in [0.1, 0.15) is 0 Å². The van der Waals surface area contributed by atoms with E-state index in [0.717, 1.165) is 19.4 Å². The highest BCUT2D eigenvalue weighted by Gasteiger charge is 2.09. The molecule has 0 radical (unpaired) electrons. The lowest BCUT2D eigenvalue weighted by atomic mass is 10.0. The summed E-state index contributed by atoms with van der Waals surface area (Å²) in [6.45, 7) is 5.17. The molecular weight excluding hydrogens is 212 g/mol. The van der Waals surface area contributed by atoms with Gasteiger partial charge in [0.2, 0.25) is 0 Å². The minimum Gasteiger partial charge on any atom is -0.476 e. The maximum Gasteiger partial charge on any atom is 0.355 e. The Bertz CT molecular complexity index is 321. The molecule has 0 aliphatic heterocycles. The summed E-state index contributed by atoms with van der Waals surface area (Å²) < 4.78 is 0. The first-order valence-electron chi connectivity index (χ1n) is 5.10. The maximum atomic E-state index is 10.6. The van der Waals surface area contributed by atoms with Gasteiger partial charge in [-0.05, 0) is 5.92 Å². The smallest absolute Gasteiger partial charge is 0.355 e. The number of thiazole rings is 1. The second-order valence-corrected chi connectivity index (χ2v) is 4.26. The summed E-state index contributed by atoms with van der Waals surface area (Å²) in [5.41, 5.74) is 0.118. The van der Waals surface area contributed by atoms with Gasteiger partial charge in [-0.25, -0.2) is 9.78 Å². The summed E-state index contributed by atoms with van der Waals surface area (Å²) in [4.78, 5) is 14.5. The van der Waals surface area contributed by atoms with Gasteiger partial charge in [0.05, 0.1) is 0 Å². The molecule has 84 valence electrons. The second-order valence-electron chi connectivity index (χ2n) is 3.41. The van der Waals surface area contributed by atoms with E-state index in [1.807, 2.05) is 0 Å². The number of carbonyl (C=O) groups is 1. The minimum absolute atomic E-state index is 0.118. The third-order valence-electron chi connectivity index (χ3n) is 2.42. The van der Waals surface area contributed by atoms with E-state index in [-0.39, 0.29) is 5.69 Å². The highest BCUT2D eigenvalue weighted by Crippen LogP contribution is 2.17. The van der Waals surface area contributed by atoms with Crippen LogP contribution in [0.3, 0.4) is 0 Å². The van der Waals surface area contributed by atoms with Gasteiger partial charge in [-0.1, -0.05) is 26.7 Å². The largest absolute Gasteiger partial charge is 0.476 e. The van der Waals surface area contributed by atoms with E-state index in [0.29, 0.717) is 11.0 Å². The first-order chi connectivity index (χ1) is 7.17. The SMILES string of the molecule is CCC(CC)CNc1nc(C(=O)O)cs1. The van der Waals surface area contributed by atoms with Crippen LogP contribution in [0.4, 0.5) is 5.13 Å². The highest BCUT2D eigenvalue weighted by atomic mass is 32.1. The predicted molar refractivity (Wildman–Crippen MR) is 61.6 cm³/mol. The molecule has 0 aliphatic rings. The molecule has 0 bridgehead atoms. The molecule has 1 rings (SSSR count). The molecule has 1 aromatic rings. The van der Waals surface area contributed by atoms with E-state index in [1.165, 1.54) is 11.3 Å². The molecule has 1 heterocycles. The molecule has 0 spiro atoms. The van der Waals surface area contributed by atoms with Gasteiger partial charge < -0.3 is 10.4 Å². The zero-order chi connectivity index (χ0) is 11.3. The molecule has 5 heteroatoms. The summed E-state index contributed by atoms with van der Waals surface area (Å²) in [6.07, 6.45) is 2.25. The van der Waals surface area contributed by atoms with Crippen LogP contribution in [-0.2, 0) is 0 Å². The molecule has 0 atom stereocenters. The molecule has 2 N–H and O–H groups in total. The third kappa shape index (κ3) is 3.51. The normalized spacial score (nSPS) is 10.6. The fourth-order valence-electron chi connectivity index (χ4n) is 1.26. The summed E-state index contributed by atoms with van der Waals surface area (Å²) in [6, 6.07) is 0. The van der Waals surface area contributed by atoms with Crippen LogP contribution in [0.1, 0.15) is 37.2 Å². The van der Waals surface area contributed by atoms with Crippen LogP contribution in [-0.4, -0.2) is 22.6 Å². The van der Waals surface area contributed by atoms with E-state index in [4.69, 9.17) is 5.11 Å². The van der Waals surface area contributed by atoms with Crippen molar-refractivity contribution < 1.29 is 9.90 Å². The Morgan fingerprint density at radius 1 is 1.60 bits per heavy atom. The number of hydrogen-bond acceptors (Lipinski definition) is 4. The molecule has 1 aromatic heterocycles. The average molecular weight is 228 g/mol. The second kappa shape index (κ2) is 5.70. The summed E-state index contributed by atoms with van der Waals surface area (Å²) in [5, 5.41) is 14.1.